The third-order valence-corrected chi connectivity index (χ3v) is 6.19. The standard InChI is InChI=1S/C16H14ClN3O4S2/c1-9-15(10(2)24-19-9)26(22,23)20-13-6-7-25-14(13)16(21)18-12-5-3-4-11(17)8-12/h3-8,20H,1-2H3,(H,18,21). The molecular formula is C16H14ClN3O4S2. The fourth-order valence-corrected chi connectivity index (χ4v) is 4.78. The Morgan fingerprint density at radius 1 is 1.27 bits per heavy atom. The molecule has 0 aliphatic rings. The number of benzene rings is 1. The summed E-state index contributed by atoms with van der Waals surface area (Å²) in [5.74, 6) is -0.270. The number of nitrogens with zero attached hydrogens (tertiary/aromatic N) is 1. The molecule has 2 aromatic heterocycles. The van der Waals surface area contributed by atoms with Crippen molar-refractivity contribution in [2.45, 2.75) is 18.7 Å². The largest absolute Gasteiger partial charge is 0.360 e. The van der Waals surface area contributed by atoms with Gasteiger partial charge < -0.3 is 9.84 Å². The van der Waals surface area contributed by atoms with Gasteiger partial charge >= 0.3 is 0 Å². The Kier molecular flexibility index (Phi) is 5.03. The summed E-state index contributed by atoms with van der Waals surface area (Å²) >= 11 is 7.02. The molecule has 2 heterocycles. The van der Waals surface area contributed by atoms with Crippen LogP contribution < -0.4 is 10.0 Å². The number of sulfonamides is 1. The summed E-state index contributed by atoms with van der Waals surface area (Å²) in [5, 5.41) is 8.44. The number of halogens is 1. The Morgan fingerprint density at radius 3 is 2.69 bits per heavy atom. The Balaban J connectivity index is 1.86. The van der Waals surface area contributed by atoms with Crippen molar-refractivity contribution in [1.82, 2.24) is 5.16 Å². The molecule has 0 aliphatic carbocycles. The molecule has 0 bridgehead atoms. The molecular weight excluding hydrogens is 398 g/mol. The number of amides is 1. The molecule has 1 aromatic carbocycles. The van der Waals surface area contributed by atoms with Gasteiger partial charge in [0.1, 0.15) is 10.6 Å². The monoisotopic (exact) mass is 411 g/mol. The normalized spacial score (nSPS) is 11.3. The maximum atomic E-state index is 12.6. The first-order valence-electron chi connectivity index (χ1n) is 7.38. The van der Waals surface area contributed by atoms with E-state index in [1.165, 1.54) is 19.9 Å². The maximum absolute atomic E-state index is 12.6. The Morgan fingerprint density at radius 2 is 2.04 bits per heavy atom. The minimum Gasteiger partial charge on any atom is -0.360 e. The summed E-state index contributed by atoms with van der Waals surface area (Å²) in [6.45, 7) is 3.04. The topological polar surface area (TPSA) is 101 Å². The lowest BCUT2D eigenvalue weighted by Crippen LogP contribution is -2.18. The Hall–Kier alpha value is -2.36. The zero-order chi connectivity index (χ0) is 18.9. The molecule has 3 aromatic rings. The number of nitrogens with one attached hydrogen (secondary N) is 2. The van der Waals surface area contributed by atoms with E-state index >= 15 is 0 Å². The van der Waals surface area contributed by atoms with Crippen LogP contribution >= 0.6 is 22.9 Å². The minimum absolute atomic E-state index is 0.0371. The van der Waals surface area contributed by atoms with Crippen LogP contribution in [0.25, 0.3) is 0 Å². The van der Waals surface area contributed by atoms with E-state index in [0.717, 1.165) is 11.3 Å². The van der Waals surface area contributed by atoms with Gasteiger partial charge in [-0.3, -0.25) is 9.52 Å². The van der Waals surface area contributed by atoms with Crippen molar-refractivity contribution in [2.75, 3.05) is 10.0 Å². The van der Waals surface area contributed by atoms with E-state index in [9.17, 15) is 13.2 Å². The SMILES string of the molecule is Cc1noc(C)c1S(=O)(=O)Nc1ccsc1C(=O)Nc1cccc(Cl)c1. The van der Waals surface area contributed by atoms with Crippen LogP contribution in [0.5, 0.6) is 0 Å². The van der Waals surface area contributed by atoms with Gasteiger partial charge in [-0.15, -0.1) is 11.3 Å². The second kappa shape index (κ2) is 7.10. The summed E-state index contributed by atoms with van der Waals surface area (Å²) in [4.78, 5) is 12.7. The zero-order valence-electron chi connectivity index (χ0n) is 13.7. The van der Waals surface area contributed by atoms with Gasteiger partial charge in [0.15, 0.2) is 10.7 Å². The van der Waals surface area contributed by atoms with Gasteiger partial charge in [-0.25, -0.2) is 8.42 Å². The average Bonchev–Trinajstić information content (AvgIpc) is 3.13. The Bertz CT molecular complexity index is 1050. The smallest absolute Gasteiger partial charge is 0.267 e. The lowest BCUT2D eigenvalue weighted by Gasteiger charge is -2.09. The van der Waals surface area contributed by atoms with E-state index < -0.39 is 15.9 Å². The molecule has 1 amide bonds. The predicted molar refractivity (Wildman–Crippen MR) is 101 cm³/mol. The number of carbonyl (C=O) groups is 1. The molecule has 26 heavy (non-hydrogen) atoms. The molecule has 0 spiro atoms. The molecule has 10 heteroatoms. The first kappa shape index (κ1) is 18.4. The van der Waals surface area contributed by atoms with Gasteiger partial charge in [-0.05, 0) is 43.5 Å². The third kappa shape index (κ3) is 3.74. The predicted octanol–water partition coefficient (Wildman–Crippen LogP) is 4.06. The van der Waals surface area contributed by atoms with E-state index in [0.29, 0.717) is 10.7 Å². The molecule has 0 aliphatic heterocycles. The first-order valence-corrected chi connectivity index (χ1v) is 10.1. The number of rotatable bonds is 5. The van der Waals surface area contributed by atoms with E-state index in [-0.39, 0.29) is 26.9 Å². The van der Waals surface area contributed by atoms with E-state index in [1.807, 2.05) is 0 Å². The van der Waals surface area contributed by atoms with Gasteiger partial charge in [0, 0.05) is 10.7 Å². The van der Waals surface area contributed by atoms with E-state index in [4.69, 9.17) is 16.1 Å². The highest BCUT2D eigenvalue weighted by atomic mass is 35.5. The van der Waals surface area contributed by atoms with Gasteiger partial charge in [0.25, 0.3) is 15.9 Å². The summed E-state index contributed by atoms with van der Waals surface area (Å²) in [5.41, 5.74) is 0.931. The lowest BCUT2D eigenvalue weighted by atomic mass is 10.3. The van der Waals surface area contributed by atoms with E-state index in [1.54, 1.807) is 29.6 Å². The summed E-state index contributed by atoms with van der Waals surface area (Å²) in [6.07, 6.45) is 0. The third-order valence-electron chi connectivity index (χ3n) is 3.43. The van der Waals surface area contributed by atoms with Gasteiger partial charge in [0.05, 0.1) is 5.69 Å². The molecule has 136 valence electrons. The molecule has 2 N–H and O–H groups in total. The highest BCUT2D eigenvalue weighted by molar-refractivity contribution is 7.92. The van der Waals surface area contributed by atoms with Gasteiger partial charge in [-0.1, -0.05) is 22.8 Å². The van der Waals surface area contributed by atoms with Crippen molar-refractivity contribution in [3.8, 4) is 0 Å². The van der Waals surface area contributed by atoms with Crippen molar-refractivity contribution < 1.29 is 17.7 Å². The van der Waals surface area contributed by atoms with Crippen LogP contribution in [0.1, 0.15) is 21.1 Å². The fraction of sp³-hybridized carbons (Fsp3) is 0.125. The second-order valence-electron chi connectivity index (χ2n) is 5.39. The van der Waals surface area contributed by atoms with Crippen LogP contribution in [0, 0.1) is 13.8 Å². The van der Waals surface area contributed by atoms with Gasteiger partial charge in [0.2, 0.25) is 0 Å². The molecule has 0 saturated heterocycles. The van der Waals surface area contributed by atoms with Crippen molar-refractivity contribution in [2.24, 2.45) is 0 Å². The first-order chi connectivity index (χ1) is 12.3. The molecule has 7 nitrogen and oxygen atoms in total. The number of anilines is 2. The van der Waals surface area contributed by atoms with Crippen molar-refractivity contribution >= 4 is 50.2 Å². The van der Waals surface area contributed by atoms with Crippen LogP contribution in [0.4, 0.5) is 11.4 Å². The van der Waals surface area contributed by atoms with Crippen molar-refractivity contribution in [3.05, 3.63) is 57.1 Å². The number of thiophene rings is 1. The van der Waals surface area contributed by atoms with Gasteiger partial charge in [-0.2, -0.15) is 0 Å². The lowest BCUT2D eigenvalue weighted by molar-refractivity contribution is 0.103. The maximum Gasteiger partial charge on any atom is 0.267 e. The van der Waals surface area contributed by atoms with Crippen molar-refractivity contribution in [1.29, 1.82) is 0 Å². The summed E-state index contributed by atoms with van der Waals surface area (Å²) in [6, 6.07) is 8.19. The summed E-state index contributed by atoms with van der Waals surface area (Å²) in [7, 11) is -3.94. The number of hydrogen-bond donors (Lipinski definition) is 2. The van der Waals surface area contributed by atoms with Crippen LogP contribution in [-0.2, 0) is 10.0 Å². The second-order valence-corrected chi connectivity index (χ2v) is 8.36. The molecule has 0 unspecified atom stereocenters. The molecule has 0 radical (unpaired) electrons. The van der Waals surface area contributed by atoms with Crippen molar-refractivity contribution in [3.63, 3.8) is 0 Å². The number of aryl methyl sites for hydroxylation is 2. The minimum atomic E-state index is -3.94. The number of aromatic nitrogens is 1. The van der Waals surface area contributed by atoms with Crippen LogP contribution in [0.2, 0.25) is 5.02 Å². The molecule has 3 rings (SSSR count). The number of carbonyl (C=O) groups excluding carboxylic acids is 1. The summed E-state index contributed by atoms with van der Waals surface area (Å²) < 4.78 is 32.6. The zero-order valence-corrected chi connectivity index (χ0v) is 16.1. The molecule has 0 saturated carbocycles. The molecule has 0 atom stereocenters. The van der Waals surface area contributed by atoms with Crippen LogP contribution in [0.15, 0.2) is 45.1 Å². The highest BCUT2D eigenvalue weighted by Crippen LogP contribution is 2.28. The fourth-order valence-electron chi connectivity index (χ4n) is 2.37. The van der Waals surface area contributed by atoms with Crippen LogP contribution in [0.3, 0.4) is 0 Å². The average molecular weight is 412 g/mol. The molecule has 0 fully saturated rings. The number of hydrogen-bond acceptors (Lipinski definition) is 6. The Labute approximate surface area is 159 Å². The quantitative estimate of drug-likeness (QED) is 0.659. The highest BCUT2D eigenvalue weighted by Gasteiger charge is 2.26. The van der Waals surface area contributed by atoms with E-state index in [2.05, 4.69) is 15.2 Å². The van der Waals surface area contributed by atoms with Crippen LogP contribution in [-0.4, -0.2) is 19.5 Å².